The third-order valence-electron chi connectivity index (χ3n) is 4.10. The van der Waals surface area contributed by atoms with Gasteiger partial charge in [0, 0.05) is 25.1 Å². The van der Waals surface area contributed by atoms with Gasteiger partial charge < -0.3 is 14.2 Å². The molecule has 1 aliphatic heterocycles. The molecule has 1 aromatic carbocycles. The molecule has 1 aliphatic rings. The fraction of sp³-hybridized carbons (Fsp3) is 0.500. The van der Waals surface area contributed by atoms with E-state index in [0.29, 0.717) is 24.7 Å². The highest BCUT2D eigenvalue weighted by atomic mass is 16.5. The fourth-order valence-electron chi connectivity index (χ4n) is 2.91. The van der Waals surface area contributed by atoms with Crippen LogP contribution in [0.4, 0.5) is 0 Å². The standard InChI is InChI=1S/C18H23N3O3/c1-4-16(22)21-9-8-14(11-21)18-19-17(20-24-18)13-6-5-7-15(10-13)23-12(2)3/h5-7,10,12,14H,4,8-9,11H2,1-3H3/t14-/m1/s1. The number of nitrogens with zero attached hydrogens (tertiary/aromatic N) is 3. The van der Waals surface area contributed by atoms with Crippen LogP contribution in [-0.4, -0.2) is 40.1 Å². The molecule has 0 N–H and O–H groups in total. The molecule has 1 aromatic heterocycles. The van der Waals surface area contributed by atoms with Crippen LogP contribution in [0.25, 0.3) is 11.4 Å². The largest absolute Gasteiger partial charge is 0.491 e. The summed E-state index contributed by atoms with van der Waals surface area (Å²) < 4.78 is 11.2. The second-order valence-electron chi connectivity index (χ2n) is 6.33. The van der Waals surface area contributed by atoms with Crippen LogP contribution in [-0.2, 0) is 4.79 Å². The second kappa shape index (κ2) is 7.03. The minimum absolute atomic E-state index is 0.113. The van der Waals surface area contributed by atoms with Crippen molar-refractivity contribution in [1.29, 1.82) is 0 Å². The Balaban J connectivity index is 1.73. The van der Waals surface area contributed by atoms with E-state index < -0.39 is 0 Å². The highest BCUT2D eigenvalue weighted by Crippen LogP contribution is 2.29. The quantitative estimate of drug-likeness (QED) is 0.842. The Kier molecular flexibility index (Phi) is 4.83. The second-order valence-corrected chi connectivity index (χ2v) is 6.33. The topological polar surface area (TPSA) is 68.5 Å². The maximum absolute atomic E-state index is 11.8. The molecule has 0 saturated carbocycles. The Morgan fingerprint density at radius 2 is 2.29 bits per heavy atom. The number of aromatic nitrogens is 2. The van der Waals surface area contributed by atoms with E-state index in [4.69, 9.17) is 9.26 Å². The first-order valence-corrected chi connectivity index (χ1v) is 8.45. The van der Waals surface area contributed by atoms with Crippen LogP contribution in [0.15, 0.2) is 28.8 Å². The molecule has 0 spiro atoms. The van der Waals surface area contributed by atoms with Crippen LogP contribution in [0, 0.1) is 0 Å². The maximum Gasteiger partial charge on any atom is 0.231 e. The molecule has 0 aliphatic carbocycles. The van der Waals surface area contributed by atoms with Gasteiger partial charge in [-0.3, -0.25) is 4.79 Å². The lowest BCUT2D eigenvalue weighted by atomic mass is 10.1. The lowest BCUT2D eigenvalue weighted by molar-refractivity contribution is -0.129. The van der Waals surface area contributed by atoms with Crippen molar-refractivity contribution < 1.29 is 14.1 Å². The van der Waals surface area contributed by atoms with E-state index in [2.05, 4.69) is 10.1 Å². The van der Waals surface area contributed by atoms with E-state index in [1.807, 2.05) is 49.9 Å². The van der Waals surface area contributed by atoms with Crippen molar-refractivity contribution in [1.82, 2.24) is 15.0 Å². The summed E-state index contributed by atoms with van der Waals surface area (Å²) in [7, 11) is 0. The van der Waals surface area contributed by atoms with E-state index in [0.717, 1.165) is 24.3 Å². The lowest BCUT2D eigenvalue weighted by Crippen LogP contribution is -2.27. The minimum Gasteiger partial charge on any atom is -0.491 e. The highest BCUT2D eigenvalue weighted by molar-refractivity contribution is 5.76. The van der Waals surface area contributed by atoms with E-state index in [-0.39, 0.29) is 17.9 Å². The monoisotopic (exact) mass is 329 g/mol. The number of amides is 1. The molecule has 3 rings (SSSR count). The molecule has 1 atom stereocenters. The molecule has 2 heterocycles. The van der Waals surface area contributed by atoms with Gasteiger partial charge in [-0.2, -0.15) is 4.98 Å². The van der Waals surface area contributed by atoms with Crippen LogP contribution in [0.5, 0.6) is 5.75 Å². The van der Waals surface area contributed by atoms with Crippen molar-refractivity contribution in [2.24, 2.45) is 0 Å². The number of benzene rings is 1. The number of rotatable bonds is 5. The number of ether oxygens (including phenoxy) is 1. The van der Waals surface area contributed by atoms with Gasteiger partial charge in [-0.15, -0.1) is 0 Å². The minimum atomic E-state index is 0.113. The zero-order valence-electron chi connectivity index (χ0n) is 14.4. The molecular weight excluding hydrogens is 306 g/mol. The van der Waals surface area contributed by atoms with Crippen molar-refractivity contribution in [3.63, 3.8) is 0 Å². The summed E-state index contributed by atoms with van der Waals surface area (Å²) in [5.74, 6) is 2.24. The summed E-state index contributed by atoms with van der Waals surface area (Å²) in [6.07, 6.45) is 1.51. The average molecular weight is 329 g/mol. The molecule has 0 radical (unpaired) electrons. The van der Waals surface area contributed by atoms with Gasteiger partial charge in [-0.05, 0) is 32.4 Å². The Bertz CT molecular complexity index is 711. The molecule has 128 valence electrons. The number of likely N-dealkylation sites (tertiary alicyclic amines) is 1. The predicted octanol–water partition coefficient (Wildman–Crippen LogP) is 3.25. The van der Waals surface area contributed by atoms with Gasteiger partial charge in [0.05, 0.1) is 12.0 Å². The molecule has 0 unspecified atom stereocenters. The Morgan fingerprint density at radius 3 is 3.04 bits per heavy atom. The van der Waals surface area contributed by atoms with Gasteiger partial charge in [-0.1, -0.05) is 24.2 Å². The third kappa shape index (κ3) is 3.58. The Hall–Kier alpha value is -2.37. The van der Waals surface area contributed by atoms with E-state index >= 15 is 0 Å². The van der Waals surface area contributed by atoms with Gasteiger partial charge in [0.1, 0.15) is 5.75 Å². The first-order chi connectivity index (χ1) is 11.6. The number of hydrogen-bond donors (Lipinski definition) is 0. The molecule has 6 heteroatoms. The highest BCUT2D eigenvalue weighted by Gasteiger charge is 2.30. The Morgan fingerprint density at radius 1 is 1.46 bits per heavy atom. The van der Waals surface area contributed by atoms with Gasteiger partial charge >= 0.3 is 0 Å². The summed E-state index contributed by atoms with van der Waals surface area (Å²) >= 11 is 0. The van der Waals surface area contributed by atoms with E-state index in [1.54, 1.807) is 0 Å². The van der Waals surface area contributed by atoms with Gasteiger partial charge in [0.25, 0.3) is 0 Å². The molecule has 0 bridgehead atoms. The van der Waals surface area contributed by atoms with Crippen LogP contribution in [0.2, 0.25) is 0 Å². The molecule has 2 aromatic rings. The van der Waals surface area contributed by atoms with Gasteiger partial charge in [-0.25, -0.2) is 0 Å². The third-order valence-corrected chi connectivity index (χ3v) is 4.10. The van der Waals surface area contributed by atoms with Crippen molar-refractivity contribution >= 4 is 5.91 Å². The molecule has 24 heavy (non-hydrogen) atoms. The van der Waals surface area contributed by atoms with Crippen molar-refractivity contribution in [2.75, 3.05) is 13.1 Å². The SMILES string of the molecule is CCC(=O)N1CC[C@@H](c2nc(-c3cccc(OC(C)C)c3)no2)C1. The first-order valence-electron chi connectivity index (χ1n) is 8.45. The smallest absolute Gasteiger partial charge is 0.231 e. The van der Waals surface area contributed by atoms with Gasteiger partial charge in [0.2, 0.25) is 17.6 Å². The Labute approximate surface area is 141 Å². The molecule has 1 saturated heterocycles. The van der Waals surface area contributed by atoms with Crippen LogP contribution in [0.1, 0.15) is 45.4 Å². The summed E-state index contributed by atoms with van der Waals surface area (Å²) in [4.78, 5) is 18.2. The molecule has 1 amide bonds. The number of hydrogen-bond acceptors (Lipinski definition) is 5. The van der Waals surface area contributed by atoms with Crippen molar-refractivity contribution in [3.05, 3.63) is 30.2 Å². The average Bonchev–Trinajstić information content (AvgIpc) is 3.23. The number of carbonyl (C=O) groups is 1. The summed E-state index contributed by atoms with van der Waals surface area (Å²) in [5, 5.41) is 4.10. The van der Waals surface area contributed by atoms with Crippen molar-refractivity contribution in [2.45, 2.75) is 45.6 Å². The van der Waals surface area contributed by atoms with Crippen LogP contribution < -0.4 is 4.74 Å². The molecular formula is C18H23N3O3. The molecule has 6 nitrogen and oxygen atoms in total. The van der Waals surface area contributed by atoms with Gasteiger partial charge in [0.15, 0.2) is 0 Å². The fourth-order valence-corrected chi connectivity index (χ4v) is 2.91. The predicted molar refractivity (Wildman–Crippen MR) is 89.7 cm³/mol. The zero-order chi connectivity index (χ0) is 17.1. The summed E-state index contributed by atoms with van der Waals surface area (Å²) in [6, 6.07) is 7.68. The maximum atomic E-state index is 11.8. The first kappa shape index (κ1) is 16.5. The van der Waals surface area contributed by atoms with Crippen molar-refractivity contribution in [3.8, 4) is 17.1 Å². The zero-order valence-corrected chi connectivity index (χ0v) is 14.4. The summed E-state index contributed by atoms with van der Waals surface area (Å²) in [5.41, 5.74) is 0.864. The van der Waals surface area contributed by atoms with Crippen LogP contribution >= 0.6 is 0 Å². The molecule has 1 fully saturated rings. The van der Waals surface area contributed by atoms with E-state index in [9.17, 15) is 4.79 Å². The normalized spacial score (nSPS) is 17.5. The van der Waals surface area contributed by atoms with E-state index in [1.165, 1.54) is 0 Å². The summed E-state index contributed by atoms with van der Waals surface area (Å²) in [6.45, 7) is 7.27. The van der Waals surface area contributed by atoms with Crippen LogP contribution in [0.3, 0.4) is 0 Å². The lowest BCUT2D eigenvalue weighted by Gasteiger charge is -2.13. The number of carbonyl (C=O) groups excluding carboxylic acids is 1.